The van der Waals surface area contributed by atoms with Gasteiger partial charge in [-0.15, -0.1) is 0 Å². The van der Waals surface area contributed by atoms with Crippen molar-refractivity contribution < 1.29 is 0 Å². The predicted molar refractivity (Wildman–Crippen MR) is 151 cm³/mol. The summed E-state index contributed by atoms with van der Waals surface area (Å²) in [5, 5.41) is 0. The molecule has 0 nitrogen and oxygen atoms in total. The van der Waals surface area contributed by atoms with Crippen LogP contribution in [0.5, 0.6) is 0 Å². The summed E-state index contributed by atoms with van der Waals surface area (Å²) in [4.78, 5) is 0. The molecule has 0 aliphatic carbocycles. The first-order valence-electron chi connectivity index (χ1n) is 13.4. The second-order valence-corrected chi connectivity index (χ2v) is 10.1. The molecule has 0 amide bonds. The maximum Gasteiger partial charge on any atom is -0.0150 e. The Hall–Kier alpha value is -2.60. The van der Waals surface area contributed by atoms with Crippen LogP contribution in [0.1, 0.15) is 117 Å². The zero-order valence-electron chi connectivity index (χ0n) is 22.1. The summed E-state index contributed by atoms with van der Waals surface area (Å²) in [6.45, 7) is 15.5. The van der Waals surface area contributed by atoms with E-state index in [9.17, 15) is 0 Å². The third kappa shape index (κ3) is 6.72. The maximum absolute atomic E-state index is 3.93. The Bertz CT molecular complexity index is 991. The van der Waals surface area contributed by atoms with Crippen molar-refractivity contribution in [1.82, 2.24) is 0 Å². The van der Waals surface area contributed by atoms with E-state index in [-0.39, 0.29) is 0 Å². The van der Waals surface area contributed by atoms with Crippen molar-refractivity contribution in [3.05, 3.63) is 113 Å². The van der Waals surface area contributed by atoms with Gasteiger partial charge in [0.15, 0.2) is 0 Å². The lowest BCUT2D eigenvalue weighted by atomic mass is 9.78. The van der Waals surface area contributed by atoms with Crippen molar-refractivity contribution in [1.29, 1.82) is 0 Å². The molecule has 0 saturated carbocycles. The number of hydrogen-bond acceptors (Lipinski definition) is 0. The molecule has 0 aromatic heterocycles. The standard InChI is InChI=1S/C34H44/c1-7-25(5)30-19-21-31(22-20-30)26(6)23-34(33-17-13-28(9-3)14-18-33)24-29(10-4)32-15-11-27(8-2)12-16-32/h9,11-22,25-26,29,34H,3,7-8,10,23-24H2,1-2,4-6H3. The summed E-state index contributed by atoms with van der Waals surface area (Å²) in [5.74, 6) is 2.26. The lowest BCUT2D eigenvalue weighted by Gasteiger charge is -2.27. The van der Waals surface area contributed by atoms with Crippen LogP contribution < -0.4 is 0 Å². The lowest BCUT2D eigenvalue weighted by Crippen LogP contribution is -2.10. The molecule has 0 aliphatic heterocycles. The van der Waals surface area contributed by atoms with Gasteiger partial charge in [0, 0.05) is 0 Å². The molecule has 3 aromatic rings. The van der Waals surface area contributed by atoms with E-state index in [0.717, 1.165) is 6.42 Å². The van der Waals surface area contributed by atoms with E-state index in [2.05, 4.69) is 114 Å². The van der Waals surface area contributed by atoms with Crippen molar-refractivity contribution in [2.24, 2.45) is 0 Å². The van der Waals surface area contributed by atoms with Gasteiger partial charge in [-0.1, -0.05) is 120 Å². The average molecular weight is 453 g/mol. The molecule has 0 heterocycles. The van der Waals surface area contributed by atoms with Crippen molar-refractivity contribution >= 4 is 6.08 Å². The lowest BCUT2D eigenvalue weighted by molar-refractivity contribution is 0.467. The number of rotatable bonds is 12. The molecular weight excluding hydrogens is 408 g/mol. The Balaban J connectivity index is 1.84. The van der Waals surface area contributed by atoms with E-state index in [4.69, 9.17) is 0 Å². The van der Waals surface area contributed by atoms with Gasteiger partial charge in [0.25, 0.3) is 0 Å². The summed E-state index contributed by atoms with van der Waals surface area (Å²) in [6, 6.07) is 27.9. The molecule has 0 fully saturated rings. The minimum atomic E-state index is 0.523. The van der Waals surface area contributed by atoms with Gasteiger partial charge in [-0.05, 0) is 89.2 Å². The SMILES string of the molecule is C=Cc1ccc(C(CC(C)c2ccc(C(C)CC)cc2)CC(CC)c2ccc(CC)cc2)cc1. The highest BCUT2D eigenvalue weighted by atomic mass is 14.3. The third-order valence-corrected chi connectivity index (χ3v) is 7.89. The van der Waals surface area contributed by atoms with Crippen molar-refractivity contribution in [3.8, 4) is 0 Å². The molecule has 3 rings (SSSR count). The van der Waals surface area contributed by atoms with Gasteiger partial charge in [0.2, 0.25) is 0 Å². The highest BCUT2D eigenvalue weighted by Gasteiger charge is 2.22. The first-order valence-corrected chi connectivity index (χ1v) is 13.4. The van der Waals surface area contributed by atoms with Gasteiger partial charge in [0.05, 0.1) is 0 Å². The molecule has 0 radical (unpaired) electrons. The Morgan fingerprint density at radius 1 is 0.588 bits per heavy atom. The topological polar surface area (TPSA) is 0 Å². The van der Waals surface area contributed by atoms with Gasteiger partial charge in [0.1, 0.15) is 0 Å². The van der Waals surface area contributed by atoms with E-state index in [1.165, 1.54) is 59.1 Å². The number of aryl methyl sites for hydroxylation is 1. The Morgan fingerprint density at radius 3 is 1.59 bits per heavy atom. The predicted octanol–water partition coefficient (Wildman–Crippen LogP) is 10.3. The van der Waals surface area contributed by atoms with Gasteiger partial charge in [-0.25, -0.2) is 0 Å². The number of hydrogen-bond donors (Lipinski definition) is 0. The summed E-state index contributed by atoms with van der Waals surface area (Å²) >= 11 is 0. The van der Waals surface area contributed by atoms with Crippen molar-refractivity contribution in [2.75, 3.05) is 0 Å². The summed E-state index contributed by atoms with van der Waals surface area (Å²) in [5.41, 5.74) is 8.47. The molecule has 0 saturated heterocycles. The fraction of sp³-hybridized carbons (Fsp3) is 0.412. The van der Waals surface area contributed by atoms with Crippen LogP contribution in [0.2, 0.25) is 0 Å². The van der Waals surface area contributed by atoms with Crippen LogP contribution in [0, 0.1) is 0 Å². The molecule has 0 aliphatic rings. The minimum absolute atomic E-state index is 0.523. The fourth-order valence-electron chi connectivity index (χ4n) is 5.13. The Morgan fingerprint density at radius 2 is 1.09 bits per heavy atom. The molecule has 4 unspecified atom stereocenters. The molecule has 0 spiro atoms. The minimum Gasteiger partial charge on any atom is -0.0985 e. The molecule has 4 atom stereocenters. The molecule has 34 heavy (non-hydrogen) atoms. The van der Waals surface area contributed by atoms with E-state index >= 15 is 0 Å². The van der Waals surface area contributed by atoms with E-state index in [0.29, 0.717) is 23.7 Å². The largest absolute Gasteiger partial charge is 0.0985 e. The molecule has 3 aromatic carbocycles. The highest BCUT2D eigenvalue weighted by molar-refractivity contribution is 5.47. The fourth-order valence-corrected chi connectivity index (χ4v) is 5.13. The zero-order valence-corrected chi connectivity index (χ0v) is 22.1. The second kappa shape index (κ2) is 12.7. The van der Waals surface area contributed by atoms with Crippen LogP contribution in [0.4, 0.5) is 0 Å². The molecule has 0 bridgehead atoms. The quantitative estimate of drug-likeness (QED) is 0.256. The van der Waals surface area contributed by atoms with Crippen molar-refractivity contribution in [3.63, 3.8) is 0 Å². The van der Waals surface area contributed by atoms with Crippen LogP contribution in [-0.4, -0.2) is 0 Å². The van der Waals surface area contributed by atoms with Crippen LogP contribution >= 0.6 is 0 Å². The van der Waals surface area contributed by atoms with E-state index < -0.39 is 0 Å². The van der Waals surface area contributed by atoms with Crippen LogP contribution in [0.3, 0.4) is 0 Å². The molecule has 0 N–H and O–H groups in total. The zero-order chi connectivity index (χ0) is 24.5. The second-order valence-electron chi connectivity index (χ2n) is 10.1. The van der Waals surface area contributed by atoms with Gasteiger partial charge in [-0.3, -0.25) is 0 Å². The van der Waals surface area contributed by atoms with Gasteiger partial charge < -0.3 is 0 Å². The summed E-state index contributed by atoms with van der Waals surface area (Å²) in [7, 11) is 0. The first-order chi connectivity index (χ1) is 16.5. The summed E-state index contributed by atoms with van der Waals surface area (Å²) in [6.07, 6.45) is 7.75. The average Bonchev–Trinajstić information content (AvgIpc) is 2.90. The monoisotopic (exact) mass is 452 g/mol. The normalized spacial score (nSPS) is 14.9. The Kier molecular flexibility index (Phi) is 9.75. The van der Waals surface area contributed by atoms with E-state index in [1.807, 2.05) is 6.08 Å². The smallest absolute Gasteiger partial charge is 0.0150 e. The third-order valence-electron chi connectivity index (χ3n) is 7.89. The maximum atomic E-state index is 3.93. The molecule has 0 heteroatoms. The highest BCUT2D eigenvalue weighted by Crippen LogP contribution is 2.39. The van der Waals surface area contributed by atoms with Crippen molar-refractivity contribution in [2.45, 2.75) is 90.4 Å². The Labute approximate surface area is 209 Å². The van der Waals surface area contributed by atoms with E-state index in [1.54, 1.807) is 0 Å². The molecule has 180 valence electrons. The van der Waals surface area contributed by atoms with Crippen LogP contribution in [0.25, 0.3) is 6.08 Å². The van der Waals surface area contributed by atoms with Gasteiger partial charge in [-0.2, -0.15) is 0 Å². The summed E-state index contributed by atoms with van der Waals surface area (Å²) < 4.78 is 0. The molecular formula is C34H44. The van der Waals surface area contributed by atoms with Crippen LogP contribution in [-0.2, 0) is 6.42 Å². The van der Waals surface area contributed by atoms with Gasteiger partial charge >= 0.3 is 0 Å². The number of benzene rings is 3. The van der Waals surface area contributed by atoms with Crippen LogP contribution in [0.15, 0.2) is 79.4 Å². The first kappa shape index (κ1) is 26.0.